The largest absolute Gasteiger partial charge is 0.494 e. The number of nitrogen functional groups attached to an aromatic ring is 3. The van der Waals surface area contributed by atoms with E-state index in [0.29, 0.717) is 56.3 Å². The van der Waals surface area contributed by atoms with Gasteiger partial charge in [-0.15, -0.1) is 0 Å². The van der Waals surface area contributed by atoms with E-state index in [9.17, 15) is 0 Å². The van der Waals surface area contributed by atoms with Gasteiger partial charge in [-0.25, -0.2) is 0 Å². The highest BCUT2D eigenvalue weighted by atomic mass is 16.5. The number of nitrogens with one attached hydrogen (secondary N) is 3. The summed E-state index contributed by atoms with van der Waals surface area (Å²) in [7, 11) is 0. The van der Waals surface area contributed by atoms with Crippen LogP contribution in [0.3, 0.4) is 0 Å². The second-order valence-electron chi connectivity index (χ2n) is 14.1. The Kier molecular flexibility index (Phi) is 31.6. The van der Waals surface area contributed by atoms with Gasteiger partial charge >= 0.3 is 0 Å². The van der Waals surface area contributed by atoms with Gasteiger partial charge < -0.3 is 60.9 Å². The summed E-state index contributed by atoms with van der Waals surface area (Å²) in [5.74, 6) is 4.71. The zero-order chi connectivity index (χ0) is 48.6. The van der Waals surface area contributed by atoms with E-state index in [1.807, 2.05) is 54.6 Å². The molecular weight excluding hydrogens is 853 g/mol. The van der Waals surface area contributed by atoms with Crippen LogP contribution in [0.5, 0.6) is 34.5 Å². The van der Waals surface area contributed by atoms with Crippen molar-refractivity contribution in [2.45, 2.75) is 77.0 Å². The minimum absolute atomic E-state index is 0.0500. The van der Waals surface area contributed by atoms with Gasteiger partial charge in [-0.2, -0.15) is 0 Å². The molecule has 0 aliphatic heterocycles. The third-order valence-corrected chi connectivity index (χ3v) is 9.08. The zero-order valence-corrected chi connectivity index (χ0v) is 37.4. The van der Waals surface area contributed by atoms with Crippen LogP contribution in [0.15, 0.2) is 91.0 Å². The van der Waals surface area contributed by atoms with Gasteiger partial charge in [-0.1, -0.05) is 0 Å². The van der Waals surface area contributed by atoms with Gasteiger partial charge in [0.05, 0.1) is 39.6 Å². The molecule has 0 unspecified atom stereocenters. The van der Waals surface area contributed by atoms with Crippen LogP contribution in [0.4, 0.5) is 0 Å². The van der Waals surface area contributed by atoms with Crippen LogP contribution in [0.1, 0.15) is 93.7 Å². The van der Waals surface area contributed by atoms with Crippen LogP contribution in [-0.2, 0) is 14.4 Å². The Morgan fingerprint density at radius 2 is 0.515 bits per heavy atom. The van der Waals surface area contributed by atoms with Gasteiger partial charge in [0, 0.05) is 34.9 Å². The summed E-state index contributed by atoms with van der Waals surface area (Å²) < 4.78 is 36.0. The van der Waals surface area contributed by atoms with Gasteiger partial charge in [0.15, 0.2) is 0 Å². The number of carboxylic acid groups (broad SMARTS) is 3. The average Bonchev–Trinajstić information content (AvgIpc) is 3.30. The highest BCUT2D eigenvalue weighted by molar-refractivity contribution is 5.95. The number of rotatable bonds is 30. The van der Waals surface area contributed by atoms with Crippen molar-refractivity contribution in [2.75, 3.05) is 39.6 Å². The molecule has 66 heavy (non-hydrogen) atoms. The maximum atomic E-state index is 8.36. The van der Waals surface area contributed by atoms with Crippen LogP contribution in [0.2, 0.25) is 0 Å². The maximum Gasteiger partial charge on any atom is 0.290 e. The summed E-state index contributed by atoms with van der Waals surface area (Å²) in [5.41, 5.74) is 18.6. The standard InChI is InChI=1S/C45H60N6O6.3CH2O2/c46-43(47)34-13-19-37(20-14-34)52-25-7-1-4-10-28-55-40-31-41(56-29-11-5-2-8-26-53-38-21-15-35(16-22-38)44(48)49)33-42(32-40)57-30-12-6-3-9-27-54-39-23-17-36(18-24-39)45(50)51;3*2-1-3/h13-24,31-33H,1-12,25-30H2,(H3,46,47)(H3,48,49)(H3,50,51);3*1H,(H,2,3). The molecular formula is C48H66N6O12. The average molecular weight is 919 g/mol. The molecule has 0 saturated carbocycles. The molecule has 0 atom stereocenters. The van der Waals surface area contributed by atoms with Crippen molar-refractivity contribution < 1.29 is 58.1 Å². The quantitative estimate of drug-likeness (QED) is 0.0105. The fourth-order valence-corrected chi connectivity index (χ4v) is 5.80. The van der Waals surface area contributed by atoms with Crippen LogP contribution in [0.25, 0.3) is 0 Å². The van der Waals surface area contributed by atoms with E-state index in [4.69, 9.17) is 91.6 Å². The number of carbonyl (C=O) groups is 3. The molecule has 0 bridgehead atoms. The number of nitrogens with two attached hydrogens (primary N) is 3. The molecule has 0 spiro atoms. The molecule has 4 aromatic rings. The van der Waals surface area contributed by atoms with Gasteiger partial charge in [0.2, 0.25) is 0 Å². The van der Waals surface area contributed by atoms with E-state index in [-0.39, 0.29) is 36.9 Å². The molecule has 18 heteroatoms. The van der Waals surface area contributed by atoms with Gasteiger partial charge in [0.25, 0.3) is 19.4 Å². The minimum Gasteiger partial charge on any atom is -0.494 e. The Balaban J connectivity index is 0.00000223. The van der Waals surface area contributed by atoms with Crippen LogP contribution in [0, 0.1) is 16.2 Å². The van der Waals surface area contributed by atoms with Crippen molar-refractivity contribution in [1.82, 2.24) is 0 Å². The smallest absolute Gasteiger partial charge is 0.290 e. The SMILES string of the molecule is N=C(N)c1ccc(OCCCCCCOc2cc(OCCCCCCOc3ccc(C(=N)N)cc3)cc(OCCCCCCOc3ccc(C(=N)N)cc3)c2)cc1.O=CO.O=CO.O=CO. The topological polar surface area (TPSA) is 317 Å². The fourth-order valence-electron chi connectivity index (χ4n) is 5.80. The Hall–Kier alpha value is -7.50. The third-order valence-electron chi connectivity index (χ3n) is 9.08. The number of hydrogen-bond donors (Lipinski definition) is 9. The van der Waals surface area contributed by atoms with E-state index in [2.05, 4.69) is 0 Å². The van der Waals surface area contributed by atoms with E-state index in [0.717, 1.165) is 112 Å². The lowest BCUT2D eigenvalue weighted by Crippen LogP contribution is -2.10. The lowest BCUT2D eigenvalue weighted by Gasteiger charge is -2.14. The molecule has 0 radical (unpaired) electrons. The van der Waals surface area contributed by atoms with E-state index < -0.39 is 0 Å². The van der Waals surface area contributed by atoms with Crippen molar-refractivity contribution in [3.8, 4) is 34.5 Å². The first-order chi connectivity index (χ1) is 32.0. The molecule has 4 rings (SSSR count). The van der Waals surface area contributed by atoms with E-state index in [1.165, 1.54) is 0 Å². The van der Waals surface area contributed by atoms with Crippen molar-refractivity contribution in [1.29, 1.82) is 16.2 Å². The number of unbranched alkanes of at least 4 members (excludes halogenated alkanes) is 9. The van der Waals surface area contributed by atoms with E-state index >= 15 is 0 Å². The Morgan fingerprint density at radius 1 is 0.348 bits per heavy atom. The first-order valence-electron chi connectivity index (χ1n) is 21.5. The second-order valence-corrected chi connectivity index (χ2v) is 14.1. The monoisotopic (exact) mass is 918 g/mol. The molecule has 0 fully saturated rings. The summed E-state index contributed by atoms with van der Waals surface area (Å²) in [4.78, 5) is 25.1. The molecule has 0 saturated heterocycles. The normalized spacial score (nSPS) is 9.82. The molecule has 0 heterocycles. The molecule has 0 aliphatic rings. The van der Waals surface area contributed by atoms with Gasteiger partial charge in [0.1, 0.15) is 52.0 Å². The molecule has 12 N–H and O–H groups in total. The number of benzene rings is 4. The van der Waals surface area contributed by atoms with Crippen LogP contribution >= 0.6 is 0 Å². The van der Waals surface area contributed by atoms with Gasteiger partial charge in [-0.3, -0.25) is 30.6 Å². The number of amidine groups is 3. The summed E-state index contributed by atoms with van der Waals surface area (Å²) in [6, 6.07) is 27.7. The lowest BCUT2D eigenvalue weighted by atomic mass is 10.2. The van der Waals surface area contributed by atoms with Crippen LogP contribution < -0.4 is 45.6 Å². The molecule has 18 nitrogen and oxygen atoms in total. The highest BCUT2D eigenvalue weighted by Gasteiger charge is 2.07. The molecule has 4 aromatic carbocycles. The minimum atomic E-state index is -0.250. The first kappa shape index (κ1) is 56.5. The maximum absolute atomic E-state index is 8.36. The Morgan fingerprint density at radius 3 is 0.682 bits per heavy atom. The van der Waals surface area contributed by atoms with Crippen molar-refractivity contribution >= 4 is 36.9 Å². The molecule has 0 aliphatic carbocycles. The summed E-state index contributed by atoms with van der Waals surface area (Å²) in [6.07, 6.45) is 11.8. The first-order valence-corrected chi connectivity index (χ1v) is 21.5. The van der Waals surface area contributed by atoms with Gasteiger partial charge in [-0.05, 0) is 150 Å². The number of hydrogen-bond acceptors (Lipinski definition) is 12. The van der Waals surface area contributed by atoms with Crippen molar-refractivity contribution in [2.24, 2.45) is 17.2 Å². The lowest BCUT2D eigenvalue weighted by molar-refractivity contribution is -0.123. The summed E-state index contributed by atoms with van der Waals surface area (Å²) in [5, 5.41) is 43.2. The molecule has 0 amide bonds. The molecule has 0 aromatic heterocycles. The second kappa shape index (κ2) is 36.9. The third kappa shape index (κ3) is 27.5. The fraction of sp³-hybridized carbons (Fsp3) is 0.375. The predicted molar refractivity (Wildman–Crippen MR) is 253 cm³/mol. The Labute approximate surface area is 386 Å². The van der Waals surface area contributed by atoms with Crippen molar-refractivity contribution in [3.05, 3.63) is 108 Å². The Bertz CT molecular complexity index is 1710. The van der Waals surface area contributed by atoms with Crippen molar-refractivity contribution in [3.63, 3.8) is 0 Å². The summed E-state index contributed by atoms with van der Waals surface area (Å²) >= 11 is 0. The van der Waals surface area contributed by atoms with E-state index in [1.54, 1.807) is 36.4 Å². The summed E-state index contributed by atoms with van der Waals surface area (Å²) in [6.45, 7) is 2.96. The number of ether oxygens (including phenoxy) is 6. The highest BCUT2D eigenvalue weighted by Crippen LogP contribution is 2.29. The van der Waals surface area contributed by atoms with Crippen LogP contribution in [-0.4, -0.2) is 91.9 Å². The zero-order valence-electron chi connectivity index (χ0n) is 37.4. The predicted octanol–water partition coefficient (Wildman–Crippen LogP) is 7.70. The molecule has 360 valence electrons.